The molecule has 2 nitrogen and oxygen atoms in total. The molecule has 1 aromatic rings. The summed E-state index contributed by atoms with van der Waals surface area (Å²) < 4.78 is 0. The van der Waals surface area contributed by atoms with E-state index in [0.717, 1.165) is 5.56 Å². The van der Waals surface area contributed by atoms with Crippen molar-refractivity contribution in [3.8, 4) is 0 Å². The van der Waals surface area contributed by atoms with Gasteiger partial charge in [-0.3, -0.25) is 4.79 Å². The average Bonchev–Trinajstić information content (AvgIpc) is 2.30. The zero-order valence-corrected chi connectivity index (χ0v) is 9.16. The Bertz CT molecular complexity index is 363. The number of rotatable bonds is 4. The monoisotopic (exact) mass is 204 g/mol. The number of hydrogen-bond acceptors (Lipinski definition) is 2. The van der Waals surface area contributed by atoms with Gasteiger partial charge in [-0.2, -0.15) is 0 Å². The van der Waals surface area contributed by atoms with Crippen molar-refractivity contribution in [2.45, 2.75) is 26.7 Å². The van der Waals surface area contributed by atoms with E-state index in [-0.39, 0.29) is 11.5 Å². The molecule has 0 spiro atoms. The molecule has 0 fully saturated rings. The van der Waals surface area contributed by atoms with Crippen molar-refractivity contribution in [2.24, 2.45) is 0 Å². The van der Waals surface area contributed by atoms with Crippen LogP contribution < -0.4 is 0 Å². The van der Waals surface area contributed by atoms with E-state index in [0.29, 0.717) is 18.4 Å². The molecule has 80 valence electrons. The largest absolute Gasteiger partial charge is 0.512 e. The van der Waals surface area contributed by atoms with Crippen molar-refractivity contribution in [1.82, 2.24) is 0 Å². The highest BCUT2D eigenvalue weighted by molar-refractivity contribution is 6.21. The molecule has 0 aliphatic carbocycles. The SMILES string of the molecule is CCC(=O)/C(=C(\O)CC)c1ccccc1. The van der Waals surface area contributed by atoms with Crippen molar-refractivity contribution in [3.63, 3.8) is 0 Å². The first-order valence-electron chi connectivity index (χ1n) is 5.21. The minimum atomic E-state index is -0.0134. The number of aliphatic hydroxyl groups excluding tert-OH is 1. The molecule has 0 unspecified atom stereocenters. The predicted octanol–water partition coefficient (Wildman–Crippen LogP) is 3.34. The first-order valence-corrected chi connectivity index (χ1v) is 5.21. The van der Waals surface area contributed by atoms with Crippen molar-refractivity contribution >= 4 is 11.4 Å². The van der Waals surface area contributed by atoms with Crippen LogP contribution >= 0.6 is 0 Å². The zero-order chi connectivity index (χ0) is 11.3. The summed E-state index contributed by atoms with van der Waals surface area (Å²) in [5.74, 6) is 0.161. The van der Waals surface area contributed by atoms with Crippen LogP contribution in [-0.2, 0) is 4.79 Å². The molecule has 1 rings (SSSR count). The van der Waals surface area contributed by atoms with Gasteiger partial charge < -0.3 is 5.11 Å². The Morgan fingerprint density at radius 2 is 1.73 bits per heavy atom. The maximum absolute atomic E-state index is 11.7. The zero-order valence-electron chi connectivity index (χ0n) is 9.16. The maximum Gasteiger partial charge on any atom is 0.166 e. The molecule has 1 N–H and O–H groups in total. The summed E-state index contributed by atoms with van der Waals surface area (Å²) >= 11 is 0. The van der Waals surface area contributed by atoms with Crippen LogP contribution in [0.25, 0.3) is 5.57 Å². The summed E-state index contributed by atoms with van der Waals surface area (Å²) in [6.07, 6.45) is 0.893. The quantitative estimate of drug-likeness (QED) is 0.603. The number of Topliss-reactive ketones (excluding diaryl/α,β-unsaturated/α-hetero) is 1. The van der Waals surface area contributed by atoms with Gasteiger partial charge in [0.25, 0.3) is 0 Å². The lowest BCUT2D eigenvalue weighted by Gasteiger charge is -2.07. The number of benzene rings is 1. The number of carbonyl (C=O) groups excluding carboxylic acids is 1. The lowest BCUT2D eigenvalue weighted by Crippen LogP contribution is -2.03. The van der Waals surface area contributed by atoms with E-state index in [2.05, 4.69) is 0 Å². The Morgan fingerprint density at radius 3 is 2.20 bits per heavy atom. The second kappa shape index (κ2) is 5.35. The van der Waals surface area contributed by atoms with Crippen molar-refractivity contribution in [3.05, 3.63) is 41.7 Å². The average molecular weight is 204 g/mol. The van der Waals surface area contributed by atoms with Gasteiger partial charge in [0.15, 0.2) is 5.78 Å². The third-order valence-corrected chi connectivity index (χ3v) is 2.29. The van der Waals surface area contributed by atoms with Gasteiger partial charge in [-0.15, -0.1) is 0 Å². The normalized spacial score (nSPS) is 12.1. The van der Waals surface area contributed by atoms with Gasteiger partial charge in [0.2, 0.25) is 0 Å². The minimum Gasteiger partial charge on any atom is -0.512 e. The number of hydrogen-bond donors (Lipinski definition) is 1. The van der Waals surface area contributed by atoms with E-state index in [1.54, 1.807) is 6.92 Å². The minimum absolute atomic E-state index is 0.0134. The van der Waals surface area contributed by atoms with Gasteiger partial charge in [-0.1, -0.05) is 44.2 Å². The molecule has 0 radical (unpaired) electrons. The Balaban J connectivity index is 3.20. The Kier molecular flexibility index (Phi) is 4.10. The third kappa shape index (κ3) is 2.69. The van der Waals surface area contributed by atoms with Crippen molar-refractivity contribution in [2.75, 3.05) is 0 Å². The Labute approximate surface area is 90.3 Å². The van der Waals surface area contributed by atoms with Crippen LogP contribution in [0.2, 0.25) is 0 Å². The van der Waals surface area contributed by atoms with Gasteiger partial charge in [0.1, 0.15) is 5.76 Å². The van der Waals surface area contributed by atoms with Crippen molar-refractivity contribution in [1.29, 1.82) is 0 Å². The van der Waals surface area contributed by atoms with Gasteiger partial charge in [0, 0.05) is 12.8 Å². The lowest BCUT2D eigenvalue weighted by molar-refractivity contribution is -0.113. The molecule has 1 aromatic carbocycles. The van der Waals surface area contributed by atoms with E-state index in [1.165, 1.54) is 0 Å². The van der Waals surface area contributed by atoms with Crippen LogP contribution in [0.5, 0.6) is 0 Å². The van der Waals surface area contributed by atoms with E-state index in [1.807, 2.05) is 37.3 Å². The van der Waals surface area contributed by atoms with Crippen LogP contribution in [0, 0.1) is 0 Å². The van der Waals surface area contributed by atoms with E-state index in [9.17, 15) is 9.90 Å². The third-order valence-electron chi connectivity index (χ3n) is 2.29. The smallest absolute Gasteiger partial charge is 0.166 e. The molecular formula is C13H16O2. The molecule has 2 heteroatoms. The topological polar surface area (TPSA) is 37.3 Å². The van der Waals surface area contributed by atoms with Gasteiger partial charge in [0.05, 0.1) is 5.57 Å². The highest BCUT2D eigenvalue weighted by Gasteiger charge is 2.14. The highest BCUT2D eigenvalue weighted by Crippen LogP contribution is 2.21. The van der Waals surface area contributed by atoms with Crippen LogP contribution in [-0.4, -0.2) is 10.9 Å². The fourth-order valence-electron chi connectivity index (χ4n) is 1.45. The first-order chi connectivity index (χ1) is 7.20. The van der Waals surface area contributed by atoms with Crippen LogP contribution in [0.15, 0.2) is 36.1 Å². The van der Waals surface area contributed by atoms with E-state index < -0.39 is 0 Å². The van der Waals surface area contributed by atoms with Crippen LogP contribution in [0.1, 0.15) is 32.3 Å². The standard InChI is InChI=1S/C13H16O2/c1-3-11(14)13(12(15)4-2)10-8-6-5-7-9-10/h5-9,14H,3-4H2,1-2H3/b13-11-. The lowest BCUT2D eigenvalue weighted by atomic mass is 9.98. The fourth-order valence-corrected chi connectivity index (χ4v) is 1.45. The highest BCUT2D eigenvalue weighted by atomic mass is 16.3. The molecule has 0 aliphatic heterocycles. The number of ketones is 1. The summed E-state index contributed by atoms with van der Waals surface area (Å²) in [4.78, 5) is 11.7. The summed E-state index contributed by atoms with van der Waals surface area (Å²) in [6.45, 7) is 3.63. The summed E-state index contributed by atoms with van der Waals surface area (Å²) in [6, 6.07) is 9.30. The second-order valence-corrected chi connectivity index (χ2v) is 3.32. The summed E-state index contributed by atoms with van der Waals surface area (Å²) in [7, 11) is 0. The molecule has 0 amide bonds. The molecule has 0 atom stereocenters. The molecule has 0 saturated carbocycles. The van der Waals surface area contributed by atoms with Crippen LogP contribution in [0.3, 0.4) is 0 Å². The Morgan fingerprint density at radius 1 is 1.13 bits per heavy atom. The molecule has 0 saturated heterocycles. The first kappa shape index (κ1) is 11.5. The number of carbonyl (C=O) groups is 1. The second-order valence-electron chi connectivity index (χ2n) is 3.32. The predicted molar refractivity (Wildman–Crippen MR) is 61.6 cm³/mol. The van der Waals surface area contributed by atoms with E-state index >= 15 is 0 Å². The molecule has 0 aromatic heterocycles. The van der Waals surface area contributed by atoms with Gasteiger partial charge in [-0.05, 0) is 5.56 Å². The van der Waals surface area contributed by atoms with Gasteiger partial charge >= 0.3 is 0 Å². The molecule has 0 aliphatic rings. The number of aliphatic hydroxyl groups is 1. The molecular weight excluding hydrogens is 188 g/mol. The summed E-state index contributed by atoms with van der Waals surface area (Å²) in [5, 5.41) is 9.73. The summed E-state index contributed by atoms with van der Waals surface area (Å²) in [5.41, 5.74) is 1.25. The van der Waals surface area contributed by atoms with Crippen molar-refractivity contribution < 1.29 is 9.90 Å². The molecule has 15 heavy (non-hydrogen) atoms. The molecule has 0 heterocycles. The van der Waals surface area contributed by atoms with Gasteiger partial charge in [-0.25, -0.2) is 0 Å². The Hall–Kier alpha value is -1.57. The molecule has 0 bridgehead atoms. The number of allylic oxidation sites excluding steroid dienone is 2. The van der Waals surface area contributed by atoms with E-state index in [4.69, 9.17) is 0 Å². The fraction of sp³-hybridized carbons (Fsp3) is 0.308. The van der Waals surface area contributed by atoms with Crippen LogP contribution in [0.4, 0.5) is 0 Å². The maximum atomic E-state index is 11.7.